The summed E-state index contributed by atoms with van der Waals surface area (Å²) in [6, 6.07) is 0. The topological polar surface area (TPSA) is 69.9 Å². The molecule has 0 amide bonds. The van der Waals surface area contributed by atoms with E-state index in [4.69, 9.17) is 4.74 Å². The van der Waals surface area contributed by atoms with Gasteiger partial charge in [0, 0.05) is 6.42 Å². The summed E-state index contributed by atoms with van der Waals surface area (Å²) in [6.07, 6.45) is 10.7. The van der Waals surface area contributed by atoms with Gasteiger partial charge in [-0.05, 0) is 124 Å². The molecule has 1 aliphatic heterocycles. The fraction of sp³-hybridized carbons (Fsp3) is 1.00. The van der Waals surface area contributed by atoms with Crippen LogP contribution in [0, 0.1) is 45.3 Å². The van der Waals surface area contributed by atoms with Gasteiger partial charge in [-0.25, -0.2) is 0 Å². The predicted octanol–water partition coefficient (Wildman–Crippen LogP) is 6.06. The van der Waals surface area contributed by atoms with Gasteiger partial charge in [0.2, 0.25) is 0 Å². The normalized spacial score (nSPS) is 57.1. The van der Waals surface area contributed by atoms with E-state index in [-0.39, 0.29) is 22.5 Å². The van der Waals surface area contributed by atoms with Crippen LogP contribution in [0.4, 0.5) is 0 Å². The van der Waals surface area contributed by atoms with E-state index in [2.05, 4.69) is 41.5 Å². The number of ether oxygens (including phenoxy) is 1. The third-order valence-electron chi connectivity index (χ3n) is 13.5. The minimum Gasteiger partial charge on any atom is -0.393 e. The second-order valence-electron chi connectivity index (χ2n) is 15.4. The summed E-state index contributed by atoms with van der Waals surface area (Å²) >= 11 is 0. The molecule has 5 fully saturated rings. The van der Waals surface area contributed by atoms with Gasteiger partial charge < -0.3 is 20.1 Å². The molecule has 0 aromatic heterocycles. The highest BCUT2D eigenvalue weighted by molar-refractivity contribution is 5.19. The maximum absolute atomic E-state index is 11.2. The molecular formula is C30H52O4. The summed E-state index contributed by atoms with van der Waals surface area (Å²) in [5, 5.41) is 32.7. The zero-order valence-corrected chi connectivity index (χ0v) is 23.2. The Hall–Kier alpha value is -0.160. The lowest BCUT2D eigenvalue weighted by molar-refractivity contribution is -0.306. The van der Waals surface area contributed by atoms with Crippen LogP contribution >= 0.6 is 0 Å². The van der Waals surface area contributed by atoms with Crippen LogP contribution in [-0.2, 0) is 4.74 Å². The predicted molar refractivity (Wildman–Crippen MR) is 135 cm³/mol. The zero-order valence-electron chi connectivity index (χ0n) is 23.2. The van der Waals surface area contributed by atoms with Crippen LogP contribution < -0.4 is 0 Å². The second kappa shape index (κ2) is 7.23. The van der Waals surface area contributed by atoms with Crippen molar-refractivity contribution in [3.63, 3.8) is 0 Å². The van der Waals surface area contributed by atoms with Crippen molar-refractivity contribution in [2.45, 2.75) is 143 Å². The van der Waals surface area contributed by atoms with Gasteiger partial charge in [0.05, 0.1) is 11.7 Å². The number of aliphatic hydroxyl groups is 3. The third kappa shape index (κ3) is 3.04. The van der Waals surface area contributed by atoms with Crippen LogP contribution in [0.25, 0.3) is 0 Å². The lowest BCUT2D eigenvalue weighted by Gasteiger charge is -2.70. The lowest BCUT2D eigenvalue weighted by atomic mass is 9.35. The van der Waals surface area contributed by atoms with Gasteiger partial charge in [0.1, 0.15) is 5.60 Å². The van der Waals surface area contributed by atoms with Gasteiger partial charge in [0.15, 0.2) is 5.79 Å². The number of hydrogen-bond acceptors (Lipinski definition) is 4. The minimum absolute atomic E-state index is 0.00296. The average Bonchev–Trinajstić information content (AvgIpc) is 3.24. The van der Waals surface area contributed by atoms with Crippen LogP contribution in [0.2, 0.25) is 0 Å². The first-order chi connectivity index (χ1) is 15.4. The van der Waals surface area contributed by atoms with E-state index < -0.39 is 11.4 Å². The molecule has 10 atom stereocenters. The Labute approximate surface area is 208 Å². The zero-order chi connectivity index (χ0) is 25.2. The maximum atomic E-state index is 11.2. The minimum atomic E-state index is -1.46. The highest BCUT2D eigenvalue weighted by atomic mass is 16.7. The Bertz CT molecular complexity index is 832. The fourth-order valence-electron chi connectivity index (χ4n) is 11.1. The molecule has 5 rings (SSSR count). The standard InChI is InChI=1S/C30H52O4/c1-24(2)21-12-16-28(7)22(26(21,5)14-13-23(24)31)10-9-19-20(11-15-27(19,28)6)29(8)17-18-30(33,34-29)25(3,4)32/h19-23,31-33H,9-18H2,1-8H3/t19-,20+,21+,22-,23-,26+,27-,28-,29+,30?/m1/s1. The van der Waals surface area contributed by atoms with Crippen molar-refractivity contribution in [1.29, 1.82) is 0 Å². The van der Waals surface area contributed by atoms with Crippen molar-refractivity contribution < 1.29 is 20.1 Å². The molecule has 4 heteroatoms. The van der Waals surface area contributed by atoms with Gasteiger partial charge in [-0.2, -0.15) is 0 Å². The number of fused-ring (bicyclic) bond motifs is 5. The first-order valence-corrected chi connectivity index (χ1v) is 14.3. The van der Waals surface area contributed by atoms with E-state index >= 15 is 0 Å². The lowest BCUT2D eigenvalue weighted by Crippen LogP contribution is -2.64. The molecule has 0 radical (unpaired) electrons. The summed E-state index contributed by atoms with van der Waals surface area (Å²) in [7, 11) is 0. The molecule has 34 heavy (non-hydrogen) atoms. The summed E-state index contributed by atoms with van der Waals surface area (Å²) in [6.45, 7) is 18.0. The fourth-order valence-corrected chi connectivity index (χ4v) is 11.1. The van der Waals surface area contributed by atoms with Crippen LogP contribution in [0.1, 0.15) is 120 Å². The molecule has 0 aromatic carbocycles. The number of hydrogen-bond donors (Lipinski definition) is 3. The smallest absolute Gasteiger partial charge is 0.194 e. The number of rotatable bonds is 2. The van der Waals surface area contributed by atoms with Crippen molar-refractivity contribution in [3.05, 3.63) is 0 Å². The first kappa shape index (κ1) is 25.5. The SMILES string of the molecule is CC1(C)[C@H](O)CC[C@]2(C)[C@H]3CC[C@@H]4[C@@H]([C@]5(C)CCC(O)(C(C)(C)O)O5)CC[C@@]4(C)[C@]3(C)CC[C@@H]12. The quantitative estimate of drug-likeness (QED) is 0.453. The Morgan fingerprint density at radius 3 is 1.97 bits per heavy atom. The summed E-state index contributed by atoms with van der Waals surface area (Å²) in [5.74, 6) is 0.877. The average molecular weight is 477 g/mol. The molecule has 5 aliphatic rings. The highest BCUT2D eigenvalue weighted by Crippen LogP contribution is 2.76. The van der Waals surface area contributed by atoms with Crippen LogP contribution in [0.3, 0.4) is 0 Å². The molecule has 1 unspecified atom stereocenters. The Balaban J connectivity index is 1.45. The summed E-state index contributed by atoms with van der Waals surface area (Å²) < 4.78 is 6.47. The summed E-state index contributed by atoms with van der Waals surface area (Å²) in [4.78, 5) is 0. The van der Waals surface area contributed by atoms with Crippen molar-refractivity contribution in [2.75, 3.05) is 0 Å². The van der Waals surface area contributed by atoms with Crippen molar-refractivity contribution in [2.24, 2.45) is 45.3 Å². The van der Waals surface area contributed by atoms with E-state index in [0.29, 0.717) is 40.9 Å². The molecule has 0 aromatic rings. The molecule has 4 aliphatic carbocycles. The second-order valence-corrected chi connectivity index (χ2v) is 15.4. The van der Waals surface area contributed by atoms with Gasteiger partial charge in [0.25, 0.3) is 0 Å². The third-order valence-corrected chi connectivity index (χ3v) is 13.5. The Kier molecular flexibility index (Phi) is 5.42. The molecular weight excluding hydrogens is 424 g/mol. The molecule has 4 nitrogen and oxygen atoms in total. The van der Waals surface area contributed by atoms with E-state index in [1.54, 1.807) is 13.8 Å². The monoisotopic (exact) mass is 476 g/mol. The van der Waals surface area contributed by atoms with Crippen LogP contribution in [0.15, 0.2) is 0 Å². The van der Waals surface area contributed by atoms with E-state index in [9.17, 15) is 15.3 Å². The first-order valence-electron chi connectivity index (χ1n) is 14.3. The van der Waals surface area contributed by atoms with Gasteiger partial charge in [-0.1, -0.05) is 34.6 Å². The molecule has 4 saturated carbocycles. The molecule has 3 N–H and O–H groups in total. The molecule has 1 heterocycles. The van der Waals surface area contributed by atoms with Crippen molar-refractivity contribution in [3.8, 4) is 0 Å². The molecule has 0 bridgehead atoms. The Morgan fingerprint density at radius 2 is 1.35 bits per heavy atom. The maximum Gasteiger partial charge on any atom is 0.194 e. The largest absolute Gasteiger partial charge is 0.393 e. The van der Waals surface area contributed by atoms with Crippen molar-refractivity contribution in [1.82, 2.24) is 0 Å². The van der Waals surface area contributed by atoms with E-state index in [1.165, 1.54) is 32.1 Å². The number of aliphatic hydroxyl groups excluding tert-OH is 1. The molecule has 196 valence electrons. The molecule has 1 saturated heterocycles. The van der Waals surface area contributed by atoms with Crippen LogP contribution in [0.5, 0.6) is 0 Å². The highest BCUT2D eigenvalue weighted by Gasteiger charge is 2.70. The molecule has 0 spiro atoms. The van der Waals surface area contributed by atoms with E-state index in [1.807, 2.05) is 0 Å². The van der Waals surface area contributed by atoms with Gasteiger partial charge >= 0.3 is 0 Å². The van der Waals surface area contributed by atoms with Crippen molar-refractivity contribution >= 4 is 0 Å². The van der Waals surface area contributed by atoms with E-state index in [0.717, 1.165) is 25.7 Å². The van der Waals surface area contributed by atoms with Gasteiger partial charge in [-0.3, -0.25) is 0 Å². The summed E-state index contributed by atoms with van der Waals surface area (Å²) in [5.41, 5.74) is -0.764. The Morgan fingerprint density at radius 1 is 0.706 bits per heavy atom. The van der Waals surface area contributed by atoms with Gasteiger partial charge in [-0.15, -0.1) is 0 Å². The van der Waals surface area contributed by atoms with Crippen LogP contribution in [-0.4, -0.2) is 38.4 Å².